The molecule has 0 amide bonds. The van der Waals surface area contributed by atoms with Gasteiger partial charge in [-0.1, -0.05) is 83.5 Å². The first kappa shape index (κ1) is 23.4. The van der Waals surface area contributed by atoms with Crippen LogP contribution >= 0.6 is 11.8 Å². The van der Waals surface area contributed by atoms with E-state index in [9.17, 15) is 4.79 Å². The van der Waals surface area contributed by atoms with Crippen molar-refractivity contribution in [2.75, 3.05) is 11.5 Å². The van der Waals surface area contributed by atoms with E-state index in [1.165, 1.54) is 95.0 Å². The summed E-state index contributed by atoms with van der Waals surface area (Å²) in [4.78, 5) is 10.2. The Bertz CT molecular complexity index is 330. The second kappa shape index (κ2) is 20.4. The van der Waals surface area contributed by atoms with Gasteiger partial charge in [0.1, 0.15) is 0 Å². The minimum Gasteiger partial charge on any atom is -0.472 e. The van der Waals surface area contributed by atoms with Gasteiger partial charge in [0.25, 0.3) is 0 Å². The van der Waals surface area contributed by atoms with Crippen molar-refractivity contribution in [3.05, 3.63) is 0 Å². The van der Waals surface area contributed by atoms with Crippen molar-refractivity contribution in [2.24, 2.45) is 0 Å². The lowest BCUT2D eigenvalue weighted by molar-refractivity contribution is -0.130. The number of carbonyl (C=O) groups is 1. The summed E-state index contributed by atoms with van der Waals surface area (Å²) in [6.45, 7) is 2.27. The average molecular weight is 355 g/mol. The standard InChI is InChI=1S/C21H38O2S/c1-2-3-4-16-19-24-20-17-14-12-10-8-6-5-7-9-11-13-15-18-21(22)23/h2-14,16-17,19-20H2,1H3,(H,22,23). The molecule has 0 heterocycles. The number of hydrogen-bond acceptors (Lipinski definition) is 2. The van der Waals surface area contributed by atoms with Crippen molar-refractivity contribution in [3.8, 4) is 11.8 Å². The summed E-state index contributed by atoms with van der Waals surface area (Å²) >= 11 is 2.15. The van der Waals surface area contributed by atoms with E-state index < -0.39 is 5.97 Å². The molecular weight excluding hydrogens is 316 g/mol. The molecule has 0 atom stereocenters. The molecule has 140 valence electrons. The highest BCUT2D eigenvalue weighted by Gasteiger charge is 1.94. The summed E-state index contributed by atoms with van der Waals surface area (Å²) in [6.07, 6.45) is 19.4. The summed E-state index contributed by atoms with van der Waals surface area (Å²) in [6, 6.07) is 0. The van der Waals surface area contributed by atoms with Gasteiger partial charge in [0, 0.05) is 12.3 Å². The van der Waals surface area contributed by atoms with E-state index in [0.717, 1.165) is 12.8 Å². The number of aliphatic carboxylic acids is 1. The number of carboxylic acid groups (broad SMARTS) is 1. The summed E-state index contributed by atoms with van der Waals surface area (Å²) in [7, 11) is 0. The molecule has 0 fully saturated rings. The quantitative estimate of drug-likeness (QED) is 0.234. The van der Waals surface area contributed by atoms with Crippen molar-refractivity contribution < 1.29 is 9.90 Å². The van der Waals surface area contributed by atoms with Crippen LogP contribution in [0.5, 0.6) is 0 Å². The van der Waals surface area contributed by atoms with E-state index in [1.807, 2.05) is 0 Å². The van der Waals surface area contributed by atoms with Crippen LogP contribution in [-0.2, 0) is 4.79 Å². The molecule has 0 aromatic carbocycles. The summed E-state index contributed by atoms with van der Waals surface area (Å²) in [5.41, 5.74) is 0. The molecule has 0 saturated carbocycles. The van der Waals surface area contributed by atoms with Crippen LogP contribution in [-0.4, -0.2) is 22.6 Å². The van der Waals surface area contributed by atoms with E-state index in [0.29, 0.717) is 0 Å². The Morgan fingerprint density at radius 1 is 0.750 bits per heavy atom. The van der Waals surface area contributed by atoms with E-state index in [1.54, 1.807) is 0 Å². The molecule has 1 N–H and O–H groups in total. The second-order valence-electron chi connectivity index (χ2n) is 6.57. The molecule has 0 aliphatic heterocycles. The molecule has 0 aromatic rings. The summed E-state index contributed by atoms with van der Waals surface area (Å²) < 4.78 is 0. The highest BCUT2D eigenvalue weighted by Crippen LogP contribution is 2.14. The monoisotopic (exact) mass is 354 g/mol. The zero-order valence-electron chi connectivity index (χ0n) is 15.8. The maximum atomic E-state index is 10.2. The van der Waals surface area contributed by atoms with Crippen LogP contribution in [0, 0.1) is 11.8 Å². The molecule has 0 radical (unpaired) electrons. The number of thioether (sulfide) groups is 1. The molecule has 0 saturated heterocycles. The molecule has 0 aromatic heterocycles. The van der Waals surface area contributed by atoms with Crippen LogP contribution in [0.15, 0.2) is 0 Å². The largest absolute Gasteiger partial charge is 0.472 e. The van der Waals surface area contributed by atoms with Crippen molar-refractivity contribution >= 4 is 17.7 Å². The Hall–Kier alpha value is -0.620. The molecule has 0 spiro atoms. The smallest absolute Gasteiger partial charge is 0.381 e. The van der Waals surface area contributed by atoms with Crippen LogP contribution in [0.1, 0.15) is 103 Å². The molecular formula is C21H38O2S. The number of rotatable bonds is 17. The fourth-order valence-corrected chi connectivity index (χ4v) is 3.72. The first-order valence-electron chi connectivity index (χ1n) is 10.1. The highest BCUT2D eigenvalue weighted by molar-refractivity contribution is 7.99. The third-order valence-electron chi connectivity index (χ3n) is 4.18. The molecule has 24 heavy (non-hydrogen) atoms. The third kappa shape index (κ3) is 21.4. The van der Waals surface area contributed by atoms with Gasteiger partial charge in [0.2, 0.25) is 0 Å². The molecule has 0 aliphatic rings. The lowest BCUT2D eigenvalue weighted by Crippen LogP contribution is -1.87. The maximum absolute atomic E-state index is 10.2. The van der Waals surface area contributed by atoms with Crippen LogP contribution in [0.2, 0.25) is 0 Å². The predicted octanol–water partition coefficient (Wildman–Crippen LogP) is 6.68. The van der Waals surface area contributed by atoms with Crippen molar-refractivity contribution in [2.45, 2.75) is 103 Å². The second-order valence-corrected chi connectivity index (χ2v) is 7.79. The van der Waals surface area contributed by atoms with Gasteiger partial charge in [-0.2, -0.15) is 11.8 Å². The van der Waals surface area contributed by atoms with Crippen LogP contribution in [0.3, 0.4) is 0 Å². The average Bonchev–Trinajstić information content (AvgIpc) is 2.56. The Labute approximate surface area is 154 Å². The highest BCUT2D eigenvalue weighted by atomic mass is 32.2. The van der Waals surface area contributed by atoms with E-state index >= 15 is 0 Å². The minimum atomic E-state index is -1.01. The predicted molar refractivity (Wildman–Crippen MR) is 108 cm³/mol. The van der Waals surface area contributed by atoms with Gasteiger partial charge in [-0.3, -0.25) is 0 Å². The molecule has 0 rings (SSSR count). The SMILES string of the molecule is CCCCCCSCCCCCCCCCCCCC#CC(=O)O. The Balaban J connectivity index is 3.03. The first-order chi connectivity index (χ1) is 11.8. The Morgan fingerprint density at radius 2 is 1.21 bits per heavy atom. The normalized spacial score (nSPS) is 10.4. The van der Waals surface area contributed by atoms with Gasteiger partial charge in [0.05, 0.1) is 0 Å². The summed E-state index contributed by atoms with van der Waals surface area (Å²) in [5, 5.41) is 8.38. The van der Waals surface area contributed by atoms with Crippen LogP contribution in [0.25, 0.3) is 0 Å². The van der Waals surface area contributed by atoms with Gasteiger partial charge >= 0.3 is 5.97 Å². The molecule has 0 aliphatic carbocycles. The van der Waals surface area contributed by atoms with Crippen molar-refractivity contribution in [1.29, 1.82) is 0 Å². The van der Waals surface area contributed by atoms with Crippen LogP contribution < -0.4 is 0 Å². The molecule has 2 nitrogen and oxygen atoms in total. The minimum absolute atomic E-state index is 0.725. The zero-order valence-corrected chi connectivity index (χ0v) is 16.6. The molecule has 0 bridgehead atoms. The fourth-order valence-electron chi connectivity index (χ4n) is 2.70. The van der Waals surface area contributed by atoms with E-state index in [-0.39, 0.29) is 0 Å². The maximum Gasteiger partial charge on any atom is 0.381 e. The zero-order chi connectivity index (χ0) is 17.7. The van der Waals surface area contributed by atoms with Gasteiger partial charge in [-0.05, 0) is 30.8 Å². The van der Waals surface area contributed by atoms with Gasteiger partial charge in [0.15, 0.2) is 0 Å². The number of carboxylic acids is 1. The first-order valence-corrected chi connectivity index (χ1v) is 11.2. The lowest BCUT2D eigenvalue weighted by Gasteiger charge is -2.03. The van der Waals surface area contributed by atoms with E-state index in [4.69, 9.17) is 5.11 Å². The van der Waals surface area contributed by atoms with Crippen molar-refractivity contribution in [1.82, 2.24) is 0 Å². The lowest BCUT2D eigenvalue weighted by atomic mass is 10.1. The molecule has 0 unspecified atom stereocenters. The summed E-state index contributed by atoms with van der Waals surface area (Å²) in [5.74, 6) is 6.56. The topological polar surface area (TPSA) is 37.3 Å². The Morgan fingerprint density at radius 3 is 1.71 bits per heavy atom. The Kier molecular flexibility index (Phi) is 19.9. The van der Waals surface area contributed by atoms with Crippen LogP contribution in [0.4, 0.5) is 0 Å². The van der Waals surface area contributed by atoms with E-state index in [2.05, 4.69) is 30.5 Å². The van der Waals surface area contributed by atoms with Crippen molar-refractivity contribution in [3.63, 3.8) is 0 Å². The van der Waals surface area contributed by atoms with Gasteiger partial charge < -0.3 is 5.11 Å². The third-order valence-corrected chi connectivity index (χ3v) is 5.33. The fraction of sp³-hybridized carbons (Fsp3) is 0.857. The number of hydrogen-bond donors (Lipinski definition) is 1. The van der Waals surface area contributed by atoms with Gasteiger partial charge in [-0.25, -0.2) is 4.79 Å². The number of unbranched alkanes of at least 4 members (excludes halogenated alkanes) is 13. The molecule has 3 heteroatoms. The van der Waals surface area contributed by atoms with Gasteiger partial charge in [-0.15, -0.1) is 0 Å².